The van der Waals surface area contributed by atoms with Crippen LogP contribution in [0.3, 0.4) is 0 Å². The van der Waals surface area contributed by atoms with Crippen LogP contribution in [0.1, 0.15) is 25.3 Å². The highest BCUT2D eigenvalue weighted by Crippen LogP contribution is 2.38. The molecule has 218 valence electrons. The predicted octanol–water partition coefficient (Wildman–Crippen LogP) is 5.02. The number of nitro benzene ring substituents is 1. The van der Waals surface area contributed by atoms with E-state index in [1.165, 1.54) is 6.07 Å². The van der Waals surface area contributed by atoms with Gasteiger partial charge in [0, 0.05) is 74.9 Å². The molecule has 0 bridgehead atoms. The number of likely N-dealkylation sites (tertiary alicyclic amines) is 1. The summed E-state index contributed by atoms with van der Waals surface area (Å²) in [6, 6.07) is 15.0. The van der Waals surface area contributed by atoms with Crippen molar-refractivity contribution in [3.05, 3.63) is 70.3 Å². The number of fused-ring (bicyclic) bond motifs is 1. The van der Waals surface area contributed by atoms with E-state index < -0.39 is 22.4 Å². The first kappa shape index (κ1) is 28.6. The first-order valence-electron chi connectivity index (χ1n) is 13.8. The Morgan fingerprint density at radius 1 is 1.05 bits per heavy atom. The fourth-order valence-corrected chi connectivity index (χ4v) is 5.66. The number of alkyl halides is 3. The van der Waals surface area contributed by atoms with Crippen LogP contribution >= 0.6 is 0 Å². The maximum absolute atomic E-state index is 13.3. The molecule has 2 aliphatic heterocycles. The molecule has 9 nitrogen and oxygen atoms in total. The number of aromatic nitrogens is 1. The number of pyridine rings is 1. The Morgan fingerprint density at radius 2 is 1.76 bits per heavy atom. The molecule has 3 heterocycles. The summed E-state index contributed by atoms with van der Waals surface area (Å²) in [5.74, 6) is 0.873. The third-order valence-corrected chi connectivity index (χ3v) is 7.91. The topological polar surface area (TPSA) is 94.8 Å². The zero-order chi connectivity index (χ0) is 29.1. The lowest BCUT2D eigenvalue weighted by Gasteiger charge is -2.38. The van der Waals surface area contributed by atoms with Gasteiger partial charge in [0.1, 0.15) is 11.4 Å². The van der Waals surface area contributed by atoms with Crippen molar-refractivity contribution >= 4 is 34.0 Å². The van der Waals surface area contributed by atoms with Crippen LogP contribution in [0, 0.1) is 16.0 Å². The van der Waals surface area contributed by atoms with Gasteiger partial charge in [-0.15, -0.1) is 0 Å². The molecule has 12 heteroatoms. The average molecular weight is 571 g/mol. The second-order valence-corrected chi connectivity index (χ2v) is 10.8. The second kappa shape index (κ2) is 11.9. The maximum atomic E-state index is 13.3. The Labute approximate surface area is 236 Å². The summed E-state index contributed by atoms with van der Waals surface area (Å²) >= 11 is 0. The minimum absolute atomic E-state index is 0.0803. The number of amides is 1. The van der Waals surface area contributed by atoms with Crippen LogP contribution in [0.4, 0.5) is 30.4 Å². The number of halogens is 3. The van der Waals surface area contributed by atoms with Crippen LogP contribution < -0.4 is 10.2 Å². The van der Waals surface area contributed by atoms with E-state index in [1.807, 2.05) is 36.1 Å². The van der Waals surface area contributed by atoms with Crippen molar-refractivity contribution < 1.29 is 22.9 Å². The maximum Gasteiger partial charge on any atom is 0.423 e. The molecule has 1 aromatic heterocycles. The summed E-state index contributed by atoms with van der Waals surface area (Å²) in [6.07, 6.45) is -3.67. The highest BCUT2D eigenvalue weighted by molar-refractivity contribution is 5.80. The molecule has 0 radical (unpaired) electrons. The number of carbonyl (C=O) groups is 1. The highest BCUT2D eigenvalue weighted by atomic mass is 19.4. The van der Waals surface area contributed by atoms with Crippen molar-refractivity contribution in [1.82, 2.24) is 14.8 Å². The predicted molar refractivity (Wildman–Crippen MR) is 151 cm³/mol. The molecule has 41 heavy (non-hydrogen) atoms. The zero-order valence-corrected chi connectivity index (χ0v) is 22.8. The number of hydrogen-bond acceptors (Lipinski definition) is 7. The van der Waals surface area contributed by atoms with E-state index in [9.17, 15) is 28.1 Å². The number of benzene rings is 2. The van der Waals surface area contributed by atoms with E-state index in [0.717, 1.165) is 55.0 Å². The van der Waals surface area contributed by atoms with Gasteiger partial charge in [-0.1, -0.05) is 25.1 Å². The van der Waals surface area contributed by atoms with Crippen molar-refractivity contribution in [2.75, 3.05) is 56.0 Å². The molecule has 0 saturated carbocycles. The van der Waals surface area contributed by atoms with E-state index in [2.05, 4.69) is 27.2 Å². The molecule has 2 aliphatic rings. The number of piperidine rings is 1. The van der Waals surface area contributed by atoms with Crippen molar-refractivity contribution in [3.63, 3.8) is 0 Å². The minimum Gasteiger partial charge on any atom is -0.382 e. The van der Waals surface area contributed by atoms with Crippen molar-refractivity contribution in [1.29, 1.82) is 0 Å². The molecule has 2 fully saturated rings. The quantitative estimate of drug-likeness (QED) is 0.315. The van der Waals surface area contributed by atoms with Crippen LogP contribution in [0.5, 0.6) is 0 Å². The first-order valence-corrected chi connectivity index (χ1v) is 13.8. The van der Waals surface area contributed by atoms with E-state index >= 15 is 0 Å². The Hall–Kier alpha value is -3.93. The molecule has 2 aromatic carbocycles. The highest BCUT2D eigenvalue weighted by Gasteiger charge is 2.38. The number of nitro groups is 1. The summed E-state index contributed by atoms with van der Waals surface area (Å²) in [4.78, 5) is 34.4. The third-order valence-electron chi connectivity index (χ3n) is 7.91. The number of piperazine rings is 1. The van der Waals surface area contributed by atoms with Crippen LogP contribution in [0.25, 0.3) is 10.9 Å². The molecule has 1 amide bonds. The largest absolute Gasteiger partial charge is 0.423 e. The normalized spacial score (nSPS) is 18.0. The van der Waals surface area contributed by atoms with Crippen molar-refractivity contribution in [3.8, 4) is 0 Å². The van der Waals surface area contributed by atoms with E-state index in [4.69, 9.17) is 4.98 Å². The molecule has 1 N–H and O–H groups in total. The van der Waals surface area contributed by atoms with E-state index in [1.54, 1.807) is 0 Å². The molecule has 5 rings (SSSR count). The summed E-state index contributed by atoms with van der Waals surface area (Å²) in [6.45, 7) is 6.96. The van der Waals surface area contributed by atoms with Crippen LogP contribution in [0.2, 0.25) is 0 Å². The molecule has 1 atom stereocenters. The van der Waals surface area contributed by atoms with Crippen LogP contribution in [0.15, 0.2) is 54.6 Å². The zero-order valence-electron chi connectivity index (χ0n) is 22.8. The second-order valence-electron chi connectivity index (χ2n) is 10.8. The van der Waals surface area contributed by atoms with E-state index in [0.29, 0.717) is 32.5 Å². The van der Waals surface area contributed by atoms with Gasteiger partial charge in [0.2, 0.25) is 5.91 Å². The number of carbonyl (C=O) groups excluding carboxylic acids is 1. The van der Waals surface area contributed by atoms with Gasteiger partial charge in [0.25, 0.3) is 5.69 Å². The number of nitrogens with one attached hydrogen (secondary N) is 1. The van der Waals surface area contributed by atoms with Gasteiger partial charge in [-0.3, -0.25) is 19.8 Å². The van der Waals surface area contributed by atoms with Crippen molar-refractivity contribution in [2.24, 2.45) is 5.92 Å². The SMILES string of the molecule is CC(CN1CCN(c2ccc3ccccc3n2)CC1)C(=O)N1CCC(Nc2ccc([N+](=O)[O-])c(C(F)(F)F)c2)CC1. The lowest BCUT2D eigenvalue weighted by atomic mass is 10.0. The third kappa shape index (κ3) is 6.70. The number of rotatable bonds is 7. The summed E-state index contributed by atoms with van der Waals surface area (Å²) < 4.78 is 39.9. The molecule has 2 saturated heterocycles. The first-order chi connectivity index (χ1) is 19.6. The Bertz CT molecular complexity index is 1400. The minimum atomic E-state index is -4.83. The number of nitrogens with zero attached hydrogens (tertiary/aromatic N) is 5. The van der Waals surface area contributed by atoms with Gasteiger partial charge < -0.3 is 15.1 Å². The van der Waals surface area contributed by atoms with Gasteiger partial charge >= 0.3 is 6.18 Å². The number of anilines is 2. The van der Waals surface area contributed by atoms with Gasteiger partial charge in [0.15, 0.2) is 0 Å². The molecular weight excluding hydrogens is 537 g/mol. The van der Waals surface area contributed by atoms with Gasteiger partial charge in [-0.2, -0.15) is 13.2 Å². The van der Waals surface area contributed by atoms with Crippen molar-refractivity contribution in [2.45, 2.75) is 32.0 Å². The standard InChI is InChI=1S/C29H33F3N6O3/c1-20(19-35-14-16-36(17-15-35)27-9-6-21-4-2-3-5-25(21)34-27)28(39)37-12-10-22(11-13-37)33-23-7-8-26(38(40)41)24(18-23)29(30,31)32/h2-9,18,20,22,33H,10-17,19H2,1H3. The summed E-state index contributed by atoms with van der Waals surface area (Å²) in [7, 11) is 0. The summed E-state index contributed by atoms with van der Waals surface area (Å²) in [5.41, 5.74) is -1.09. The fraction of sp³-hybridized carbons (Fsp3) is 0.448. The molecular formula is C29H33F3N6O3. The lowest BCUT2D eigenvalue weighted by molar-refractivity contribution is -0.388. The Kier molecular flexibility index (Phi) is 8.30. The lowest BCUT2D eigenvalue weighted by Crippen LogP contribution is -2.50. The number of para-hydroxylation sites is 1. The molecule has 0 spiro atoms. The molecule has 3 aromatic rings. The van der Waals surface area contributed by atoms with Gasteiger partial charge in [0.05, 0.1) is 10.4 Å². The van der Waals surface area contributed by atoms with Gasteiger partial charge in [-0.25, -0.2) is 4.98 Å². The van der Waals surface area contributed by atoms with Gasteiger partial charge in [-0.05, 0) is 43.2 Å². The van der Waals surface area contributed by atoms with Crippen LogP contribution in [-0.4, -0.2) is 77.5 Å². The Morgan fingerprint density at radius 3 is 2.44 bits per heavy atom. The molecule has 0 aliphatic carbocycles. The smallest absolute Gasteiger partial charge is 0.382 e. The summed E-state index contributed by atoms with van der Waals surface area (Å²) in [5, 5.41) is 15.2. The fourth-order valence-electron chi connectivity index (χ4n) is 5.66. The monoisotopic (exact) mass is 570 g/mol. The Balaban J connectivity index is 1.09. The molecule has 1 unspecified atom stereocenters. The number of hydrogen-bond donors (Lipinski definition) is 1. The van der Waals surface area contributed by atoms with E-state index in [-0.39, 0.29) is 23.6 Å². The van der Waals surface area contributed by atoms with Crippen LogP contribution in [-0.2, 0) is 11.0 Å². The average Bonchev–Trinajstić information content (AvgIpc) is 2.96.